The first-order valence-electron chi connectivity index (χ1n) is 4.41. The molecule has 0 saturated carbocycles. The summed E-state index contributed by atoms with van der Waals surface area (Å²) in [7, 11) is 0. The summed E-state index contributed by atoms with van der Waals surface area (Å²) in [6.07, 6.45) is 0. The van der Waals surface area contributed by atoms with Crippen molar-refractivity contribution in [2.24, 2.45) is 4.99 Å². The van der Waals surface area contributed by atoms with Gasteiger partial charge in [0.05, 0.1) is 6.54 Å². The van der Waals surface area contributed by atoms with Gasteiger partial charge in [0, 0.05) is 16.3 Å². The average Bonchev–Trinajstić information content (AvgIpc) is 2.70. The zero-order valence-electron chi connectivity index (χ0n) is 7.77. The van der Waals surface area contributed by atoms with Crippen LogP contribution in [0.4, 0.5) is 0 Å². The van der Waals surface area contributed by atoms with Crippen molar-refractivity contribution < 1.29 is 4.79 Å². The van der Waals surface area contributed by atoms with E-state index in [1.165, 1.54) is 11.8 Å². The summed E-state index contributed by atoms with van der Waals surface area (Å²) >= 11 is 8.62. The van der Waals surface area contributed by atoms with Gasteiger partial charge in [-0.05, 0) is 23.9 Å². The van der Waals surface area contributed by atoms with Gasteiger partial charge in [0.25, 0.3) is 0 Å². The van der Waals surface area contributed by atoms with Crippen LogP contribution < -0.4 is 0 Å². The lowest BCUT2D eigenvalue weighted by molar-refractivity contribution is 0.109. The predicted octanol–water partition coefficient (Wildman–Crippen LogP) is 3.32. The minimum absolute atomic E-state index is 0.00523. The van der Waals surface area contributed by atoms with Crippen molar-refractivity contribution >= 4 is 44.6 Å². The first-order valence-corrected chi connectivity index (χ1v) is 6.59. The van der Waals surface area contributed by atoms with Crippen molar-refractivity contribution in [3.8, 4) is 0 Å². The zero-order valence-corrected chi connectivity index (χ0v) is 10.2. The Morgan fingerprint density at radius 2 is 2.40 bits per heavy atom. The number of aliphatic imine (C=N–C) groups is 1. The quantitative estimate of drug-likeness (QED) is 0.773. The van der Waals surface area contributed by atoms with E-state index < -0.39 is 0 Å². The van der Waals surface area contributed by atoms with Crippen LogP contribution in [0.15, 0.2) is 29.3 Å². The van der Waals surface area contributed by atoms with Crippen molar-refractivity contribution in [3.63, 3.8) is 0 Å². The van der Waals surface area contributed by atoms with Gasteiger partial charge in [0.2, 0.25) is 5.12 Å². The van der Waals surface area contributed by atoms with Gasteiger partial charge in [-0.3, -0.25) is 9.79 Å². The van der Waals surface area contributed by atoms with E-state index in [0.717, 1.165) is 16.7 Å². The van der Waals surface area contributed by atoms with Crippen LogP contribution in [-0.4, -0.2) is 21.8 Å². The smallest absolute Gasteiger partial charge is 0.226 e. The van der Waals surface area contributed by atoms with Crippen LogP contribution in [0.25, 0.3) is 0 Å². The molecular formula is C10H8ClNOS2. The maximum absolute atomic E-state index is 11.8. The second-order valence-corrected chi connectivity index (χ2v) is 5.64. The monoisotopic (exact) mass is 257 g/mol. The largest absolute Gasteiger partial charge is 0.281 e. The third-order valence-corrected chi connectivity index (χ3v) is 4.12. The number of carbonyl (C=O) groups excluding carboxylic acids is 1. The molecule has 15 heavy (non-hydrogen) atoms. The summed E-state index contributed by atoms with van der Waals surface area (Å²) in [4.78, 5) is 16.0. The van der Waals surface area contributed by atoms with Crippen molar-refractivity contribution in [2.75, 3.05) is 12.3 Å². The molecule has 78 valence electrons. The molecule has 2 nitrogen and oxygen atoms in total. The van der Waals surface area contributed by atoms with Crippen LogP contribution in [0.1, 0.15) is 10.4 Å². The molecule has 0 atom stereocenters. The molecule has 1 aliphatic heterocycles. The first-order chi connectivity index (χ1) is 7.25. The molecule has 0 aromatic heterocycles. The Balaban J connectivity index is 2.07. The standard InChI is InChI=1S/C10H8ClNOS2/c11-8-3-1-2-7(6-8)9(13)15-10-12-4-5-14-10/h1-3,6H,4-5H2. The molecule has 0 N–H and O–H groups in total. The second kappa shape index (κ2) is 5.05. The van der Waals surface area contributed by atoms with E-state index in [0.29, 0.717) is 10.6 Å². The molecule has 0 amide bonds. The number of hydrogen-bond donors (Lipinski definition) is 0. The number of carbonyl (C=O) groups is 1. The normalized spacial score (nSPS) is 15.1. The van der Waals surface area contributed by atoms with Gasteiger partial charge in [0.1, 0.15) is 4.38 Å². The summed E-state index contributed by atoms with van der Waals surface area (Å²) in [5, 5.41) is 0.591. The molecule has 0 unspecified atom stereocenters. The van der Waals surface area contributed by atoms with E-state index in [1.54, 1.807) is 36.0 Å². The highest BCUT2D eigenvalue weighted by molar-refractivity contribution is 8.45. The van der Waals surface area contributed by atoms with Gasteiger partial charge in [-0.1, -0.05) is 35.5 Å². The van der Waals surface area contributed by atoms with Crippen LogP contribution in [0.2, 0.25) is 5.02 Å². The van der Waals surface area contributed by atoms with Crippen molar-refractivity contribution in [2.45, 2.75) is 0 Å². The number of benzene rings is 1. The lowest BCUT2D eigenvalue weighted by Gasteiger charge is -1.99. The van der Waals surface area contributed by atoms with Gasteiger partial charge in [-0.25, -0.2) is 0 Å². The summed E-state index contributed by atoms with van der Waals surface area (Å²) in [6, 6.07) is 6.98. The van der Waals surface area contributed by atoms with Crippen molar-refractivity contribution in [1.82, 2.24) is 0 Å². The van der Waals surface area contributed by atoms with Gasteiger partial charge in [-0.2, -0.15) is 0 Å². The Bertz CT molecular complexity index is 420. The molecule has 1 heterocycles. The Hall–Kier alpha value is -0.450. The molecule has 0 saturated heterocycles. The molecule has 0 spiro atoms. The second-order valence-electron chi connectivity index (χ2n) is 2.90. The van der Waals surface area contributed by atoms with Crippen molar-refractivity contribution in [1.29, 1.82) is 0 Å². The molecule has 5 heteroatoms. The fourth-order valence-corrected chi connectivity index (χ4v) is 3.13. The lowest BCUT2D eigenvalue weighted by Crippen LogP contribution is -1.95. The van der Waals surface area contributed by atoms with Crippen LogP contribution in [-0.2, 0) is 0 Å². The van der Waals surface area contributed by atoms with E-state index in [2.05, 4.69) is 4.99 Å². The van der Waals surface area contributed by atoms with Gasteiger partial charge in [0.15, 0.2) is 0 Å². The average molecular weight is 258 g/mol. The maximum atomic E-state index is 11.8. The van der Waals surface area contributed by atoms with E-state index >= 15 is 0 Å². The first kappa shape index (κ1) is 11.0. The highest BCUT2D eigenvalue weighted by Gasteiger charge is 2.14. The lowest BCUT2D eigenvalue weighted by atomic mass is 10.2. The Labute approximate surface area is 101 Å². The van der Waals surface area contributed by atoms with E-state index in [-0.39, 0.29) is 5.12 Å². The SMILES string of the molecule is O=C(SC1=NCCS1)c1cccc(Cl)c1. The summed E-state index contributed by atoms with van der Waals surface area (Å²) < 4.78 is 0.861. The number of nitrogens with zero attached hydrogens (tertiary/aromatic N) is 1. The Kier molecular flexibility index (Phi) is 3.72. The third-order valence-electron chi connectivity index (χ3n) is 1.80. The highest BCUT2D eigenvalue weighted by atomic mass is 35.5. The number of thioether (sulfide) groups is 2. The molecule has 2 rings (SSSR count). The molecule has 1 aromatic carbocycles. The minimum Gasteiger partial charge on any atom is -0.281 e. The summed E-state index contributed by atoms with van der Waals surface area (Å²) in [5.41, 5.74) is 0.628. The van der Waals surface area contributed by atoms with Crippen LogP contribution in [0.3, 0.4) is 0 Å². The number of halogens is 1. The van der Waals surface area contributed by atoms with Gasteiger partial charge >= 0.3 is 0 Å². The molecule has 1 aliphatic rings. The molecule has 0 bridgehead atoms. The van der Waals surface area contributed by atoms with Crippen LogP contribution in [0, 0.1) is 0 Å². The summed E-state index contributed by atoms with van der Waals surface area (Å²) in [6.45, 7) is 0.815. The topological polar surface area (TPSA) is 29.4 Å². The number of hydrogen-bond acceptors (Lipinski definition) is 4. The molecule has 1 aromatic rings. The fourth-order valence-electron chi connectivity index (χ4n) is 1.13. The predicted molar refractivity (Wildman–Crippen MR) is 68.1 cm³/mol. The maximum Gasteiger partial charge on any atom is 0.226 e. The Morgan fingerprint density at radius 1 is 1.53 bits per heavy atom. The highest BCUT2D eigenvalue weighted by Crippen LogP contribution is 2.26. The molecule has 0 radical (unpaired) electrons. The van der Waals surface area contributed by atoms with Crippen molar-refractivity contribution in [3.05, 3.63) is 34.9 Å². The third kappa shape index (κ3) is 3.00. The van der Waals surface area contributed by atoms with Gasteiger partial charge in [-0.15, -0.1) is 0 Å². The van der Waals surface area contributed by atoms with Gasteiger partial charge < -0.3 is 0 Å². The molecular weight excluding hydrogens is 250 g/mol. The van der Waals surface area contributed by atoms with Crippen LogP contribution >= 0.6 is 35.1 Å². The Morgan fingerprint density at radius 3 is 3.07 bits per heavy atom. The minimum atomic E-state index is 0.00523. The summed E-state index contributed by atoms with van der Waals surface area (Å²) in [5.74, 6) is 0.977. The van der Waals surface area contributed by atoms with Crippen LogP contribution in [0.5, 0.6) is 0 Å². The number of rotatable bonds is 1. The fraction of sp³-hybridized carbons (Fsp3) is 0.200. The zero-order chi connectivity index (χ0) is 10.7. The van der Waals surface area contributed by atoms with E-state index in [4.69, 9.17) is 11.6 Å². The van der Waals surface area contributed by atoms with E-state index in [1.807, 2.05) is 0 Å². The molecule has 0 aliphatic carbocycles. The van der Waals surface area contributed by atoms with E-state index in [9.17, 15) is 4.79 Å². The molecule has 0 fully saturated rings.